The summed E-state index contributed by atoms with van der Waals surface area (Å²) in [5.74, 6) is 1.26. The topological polar surface area (TPSA) is 17.1 Å². The van der Waals surface area contributed by atoms with Crippen LogP contribution in [-0.4, -0.2) is 5.78 Å². The zero-order chi connectivity index (χ0) is 13.3. The predicted molar refractivity (Wildman–Crippen MR) is 76.5 cm³/mol. The Balaban J connectivity index is 2.20. The lowest BCUT2D eigenvalue weighted by Crippen LogP contribution is -2.38. The lowest BCUT2D eigenvalue weighted by molar-refractivity contribution is -0.133. The van der Waals surface area contributed by atoms with E-state index in [2.05, 4.69) is 27.7 Å². The summed E-state index contributed by atoms with van der Waals surface area (Å²) in [6, 6.07) is 0. The van der Waals surface area contributed by atoms with E-state index in [9.17, 15) is 4.79 Å². The Bertz CT molecular complexity index is 344. The highest BCUT2D eigenvalue weighted by Crippen LogP contribution is 2.54. The average molecular weight is 248 g/mol. The van der Waals surface area contributed by atoms with E-state index < -0.39 is 0 Å². The number of hydrogen-bond acceptors (Lipinski definition) is 1. The molecule has 0 aromatic heterocycles. The molecule has 2 fully saturated rings. The summed E-state index contributed by atoms with van der Waals surface area (Å²) in [4.78, 5) is 12.3. The smallest absolute Gasteiger partial charge is 0.139 e. The SMILES string of the molecule is CCC1CC2(CCC(=C(C)C)C2)CC(CC)C1=O. The summed E-state index contributed by atoms with van der Waals surface area (Å²) in [5, 5.41) is 0. The minimum atomic E-state index is 0.347. The Hall–Kier alpha value is -0.590. The molecule has 0 radical (unpaired) electrons. The molecule has 0 aromatic rings. The Morgan fingerprint density at radius 2 is 1.72 bits per heavy atom. The summed E-state index contributed by atoms with van der Waals surface area (Å²) in [7, 11) is 0. The van der Waals surface area contributed by atoms with Gasteiger partial charge >= 0.3 is 0 Å². The van der Waals surface area contributed by atoms with Crippen molar-refractivity contribution < 1.29 is 4.79 Å². The van der Waals surface area contributed by atoms with Gasteiger partial charge in [0.05, 0.1) is 0 Å². The van der Waals surface area contributed by atoms with Crippen LogP contribution in [0.3, 0.4) is 0 Å². The summed E-state index contributed by atoms with van der Waals surface area (Å²) < 4.78 is 0. The van der Waals surface area contributed by atoms with Crippen molar-refractivity contribution in [2.24, 2.45) is 17.3 Å². The molecular weight excluding hydrogens is 220 g/mol. The van der Waals surface area contributed by atoms with Crippen LogP contribution in [0.5, 0.6) is 0 Å². The second-order valence-corrected chi connectivity index (χ2v) is 6.80. The van der Waals surface area contributed by atoms with E-state index in [1.165, 1.54) is 24.8 Å². The van der Waals surface area contributed by atoms with Crippen molar-refractivity contribution in [1.82, 2.24) is 0 Å². The maximum absolute atomic E-state index is 12.3. The van der Waals surface area contributed by atoms with Gasteiger partial charge in [-0.3, -0.25) is 4.79 Å². The largest absolute Gasteiger partial charge is 0.299 e. The van der Waals surface area contributed by atoms with Gasteiger partial charge in [0.25, 0.3) is 0 Å². The highest BCUT2D eigenvalue weighted by molar-refractivity contribution is 5.84. The molecule has 0 aromatic carbocycles. The first-order valence-electron chi connectivity index (χ1n) is 7.70. The van der Waals surface area contributed by atoms with Gasteiger partial charge in [-0.15, -0.1) is 0 Å². The number of carbonyl (C=O) groups is 1. The standard InChI is InChI=1S/C17H28O/c1-5-13-9-17(10-14(6-2)16(13)18)8-7-15(11-17)12(3)4/h13-14H,5-11H2,1-4H3. The molecule has 2 atom stereocenters. The van der Waals surface area contributed by atoms with E-state index in [4.69, 9.17) is 0 Å². The molecule has 0 aliphatic heterocycles. The van der Waals surface area contributed by atoms with Gasteiger partial charge in [-0.05, 0) is 64.2 Å². The van der Waals surface area contributed by atoms with E-state index in [-0.39, 0.29) is 0 Å². The second kappa shape index (κ2) is 5.19. The van der Waals surface area contributed by atoms with E-state index in [0.717, 1.165) is 25.7 Å². The molecule has 1 nitrogen and oxygen atoms in total. The van der Waals surface area contributed by atoms with Crippen molar-refractivity contribution in [3.8, 4) is 0 Å². The number of Topliss-reactive ketones (excluding diaryl/α,β-unsaturated/α-hetero) is 1. The molecule has 0 heterocycles. The van der Waals surface area contributed by atoms with Gasteiger partial charge in [-0.25, -0.2) is 0 Å². The third kappa shape index (κ3) is 2.41. The van der Waals surface area contributed by atoms with Crippen LogP contribution < -0.4 is 0 Å². The molecule has 102 valence electrons. The second-order valence-electron chi connectivity index (χ2n) is 6.80. The van der Waals surface area contributed by atoms with Crippen LogP contribution in [0.2, 0.25) is 0 Å². The fraction of sp³-hybridized carbons (Fsp3) is 0.824. The Morgan fingerprint density at radius 1 is 1.17 bits per heavy atom. The lowest BCUT2D eigenvalue weighted by atomic mass is 9.62. The minimum Gasteiger partial charge on any atom is -0.299 e. The first-order chi connectivity index (χ1) is 8.51. The normalized spacial score (nSPS) is 36.4. The quantitative estimate of drug-likeness (QED) is 0.635. The van der Waals surface area contributed by atoms with E-state index in [0.29, 0.717) is 23.0 Å². The molecule has 0 amide bonds. The molecule has 0 bridgehead atoms. The van der Waals surface area contributed by atoms with Crippen LogP contribution in [0.25, 0.3) is 0 Å². The molecule has 18 heavy (non-hydrogen) atoms. The van der Waals surface area contributed by atoms with Crippen molar-refractivity contribution in [2.45, 2.75) is 72.6 Å². The highest BCUT2D eigenvalue weighted by Gasteiger charge is 2.46. The third-order valence-electron chi connectivity index (χ3n) is 5.40. The molecule has 2 saturated carbocycles. The predicted octanol–water partition coefficient (Wildman–Crippen LogP) is 4.91. The number of rotatable bonds is 2. The van der Waals surface area contributed by atoms with Crippen molar-refractivity contribution in [1.29, 1.82) is 0 Å². The van der Waals surface area contributed by atoms with Crippen molar-refractivity contribution in [3.05, 3.63) is 11.1 Å². The fourth-order valence-corrected chi connectivity index (χ4v) is 4.18. The van der Waals surface area contributed by atoms with Crippen molar-refractivity contribution in [3.63, 3.8) is 0 Å². The molecule has 2 aliphatic carbocycles. The molecule has 0 saturated heterocycles. The van der Waals surface area contributed by atoms with Crippen LogP contribution in [-0.2, 0) is 4.79 Å². The van der Waals surface area contributed by atoms with Crippen LogP contribution >= 0.6 is 0 Å². The Kier molecular flexibility index (Phi) is 3.99. The van der Waals surface area contributed by atoms with Gasteiger partial charge < -0.3 is 0 Å². The molecule has 0 N–H and O–H groups in total. The van der Waals surface area contributed by atoms with Gasteiger partial charge in [0, 0.05) is 11.8 Å². The Morgan fingerprint density at radius 3 is 2.11 bits per heavy atom. The van der Waals surface area contributed by atoms with Crippen LogP contribution in [0.4, 0.5) is 0 Å². The average Bonchev–Trinajstić information content (AvgIpc) is 2.76. The number of allylic oxidation sites excluding steroid dienone is 2. The molecule has 2 aliphatic rings. The number of hydrogen-bond donors (Lipinski definition) is 0. The number of carbonyl (C=O) groups excluding carboxylic acids is 1. The molecule has 2 rings (SSSR count). The molecular formula is C17H28O. The van der Waals surface area contributed by atoms with Gasteiger partial charge in [0.1, 0.15) is 5.78 Å². The summed E-state index contributed by atoms with van der Waals surface area (Å²) in [6.45, 7) is 8.87. The Labute approximate surface area is 112 Å². The van der Waals surface area contributed by atoms with Crippen LogP contribution in [0.15, 0.2) is 11.1 Å². The van der Waals surface area contributed by atoms with Crippen LogP contribution in [0.1, 0.15) is 72.6 Å². The lowest BCUT2D eigenvalue weighted by Gasteiger charge is -2.41. The molecule has 1 spiro atoms. The van der Waals surface area contributed by atoms with E-state index in [1.807, 2.05) is 0 Å². The first kappa shape index (κ1) is 13.8. The maximum atomic E-state index is 12.3. The summed E-state index contributed by atoms with van der Waals surface area (Å²) in [5.41, 5.74) is 3.67. The molecule has 1 heteroatoms. The van der Waals surface area contributed by atoms with Crippen molar-refractivity contribution >= 4 is 5.78 Å². The molecule has 2 unspecified atom stereocenters. The van der Waals surface area contributed by atoms with Gasteiger partial charge in [0.15, 0.2) is 0 Å². The summed E-state index contributed by atoms with van der Waals surface area (Å²) >= 11 is 0. The van der Waals surface area contributed by atoms with Gasteiger partial charge in [-0.2, -0.15) is 0 Å². The monoisotopic (exact) mass is 248 g/mol. The van der Waals surface area contributed by atoms with E-state index >= 15 is 0 Å². The van der Waals surface area contributed by atoms with Crippen LogP contribution in [0, 0.1) is 17.3 Å². The van der Waals surface area contributed by atoms with Gasteiger partial charge in [0.2, 0.25) is 0 Å². The minimum absolute atomic E-state index is 0.347. The summed E-state index contributed by atoms with van der Waals surface area (Å²) in [6.07, 6.45) is 8.29. The third-order valence-corrected chi connectivity index (χ3v) is 5.40. The van der Waals surface area contributed by atoms with E-state index in [1.54, 1.807) is 5.57 Å². The zero-order valence-electron chi connectivity index (χ0n) is 12.5. The van der Waals surface area contributed by atoms with Gasteiger partial charge in [-0.1, -0.05) is 25.0 Å². The van der Waals surface area contributed by atoms with Crippen molar-refractivity contribution in [2.75, 3.05) is 0 Å². The maximum Gasteiger partial charge on any atom is 0.139 e. The number of ketones is 1. The fourth-order valence-electron chi connectivity index (χ4n) is 4.18. The first-order valence-corrected chi connectivity index (χ1v) is 7.70. The zero-order valence-corrected chi connectivity index (χ0v) is 12.5. The highest BCUT2D eigenvalue weighted by atomic mass is 16.1.